The minimum Gasteiger partial charge on any atom is -0.340 e. The van der Waals surface area contributed by atoms with Crippen molar-refractivity contribution in [3.63, 3.8) is 0 Å². The minimum atomic E-state index is 0.414. The molecule has 3 nitrogen and oxygen atoms in total. The van der Waals surface area contributed by atoms with Gasteiger partial charge in [0.05, 0.1) is 0 Å². The zero-order chi connectivity index (χ0) is 11.5. The Morgan fingerprint density at radius 1 is 1.12 bits per heavy atom. The zero-order valence-electron chi connectivity index (χ0n) is 8.54. The summed E-state index contributed by atoms with van der Waals surface area (Å²) in [5.41, 5.74) is 0.863. The number of anilines is 2. The Hall–Kier alpha value is -1.32. The van der Waals surface area contributed by atoms with Gasteiger partial charge < -0.3 is 5.32 Å². The van der Waals surface area contributed by atoms with Crippen LogP contribution >= 0.6 is 23.2 Å². The van der Waals surface area contributed by atoms with Crippen LogP contribution in [0.3, 0.4) is 0 Å². The molecule has 0 radical (unpaired) electrons. The Morgan fingerprint density at radius 2 is 1.94 bits per heavy atom. The van der Waals surface area contributed by atoms with Crippen molar-refractivity contribution in [2.45, 2.75) is 6.92 Å². The van der Waals surface area contributed by atoms with Gasteiger partial charge in [-0.2, -0.15) is 0 Å². The fraction of sp³-hybridized carbons (Fsp3) is 0.0909. The predicted molar refractivity (Wildman–Crippen MR) is 66.5 cm³/mol. The molecule has 0 amide bonds. The monoisotopic (exact) mass is 253 g/mol. The third kappa shape index (κ3) is 2.84. The summed E-state index contributed by atoms with van der Waals surface area (Å²) in [7, 11) is 0. The summed E-state index contributed by atoms with van der Waals surface area (Å²) < 4.78 is 0. The van der Waals surface area contributed by atoms with Crippen LogP contribution in [-0.4, -0.2) is 9.97 Å². The van der Waals surface area contributed by atoms with Gasteiger partial charge in [-0.05, 0) is 25.1 Å². The van der Waals surface area contributed by atoms with Crippen molar-refractivity contribution in [2.24, 2.45) is 0 Å². The minimum absolute atomic E-state index is 0.414. The number of hydrogen-bond acceptors (Lipinski definition) is 3. The standard InChI is InChI=1S/C11H9Cl2N3/c1-7-14-10(13)6-11(15-7)16-9-4-2-3-8(12)5-9/h2-6H,1H3,(H,14,15,16). The highest BCUT2D eigenvalue weighted by atomic mass is 35.5. The maximum atomic E-state index is 5.87. The summed E-state index contributed by atoms with van der Waals surface area (Å²) in [6.45, 7) is 1.79. The molecule has 0 spiro atoms. The average Bonchev–Trinajstić information content (AvgIpc) is 2.15. The van der Waals surface area contributed by atoms with Crippen LogP contribution in [0.15, 0.2) is 30.3 Å². The van der Waals surface area contributed by atoms with Crippen LogP contribution < -0.4 is 5.32 Å². The molecule has 0 aliphatic rings. The van der Waals surface area contributed by atoms with Crippen molar-refractivity contribution in [1.29, 1.82) is 0 Å². The quantitative estimate of drug-likeness (QED) is 0.827. The molecule has 0 aliphatic heterocycles. The second kappa shape index (κ2) is 4.68. The molecular formula is C11H9Cl2N3. The number of nitrogens with one attached hydrogen (secondary N) is 1. The lowest BCUT2D eigenvalue weighted by molar-refractivity contribution is 1.06. The molecule has 0 saturated heterocycles. The first kappa shape index (κ1) is 11.2. The Bertz CT molecular complexity index is 494. The van der Waals surface area contributed by atoms with E-state index in [0.29, 0.717) is 21.8 Å². The highest BCUT2D eigenvalue weighted by molar-refractivity contribution is 6.31. The van der Waals surface area contributed by atoms with Gasteiger partial charge in [-0.15, -0.1) is 0 Å². The summed E-state index contributed by atoms with van der Waals surface area (Å²) in [4.78, 5) is 8.19. The molecule has 0 fully saturated rings. The lowest BCUT2D eigenvalue weighted by Crippen LogP contribution is -1.97. The summed E-state index contributed by atoms with van der Waals surface area (Å²) in [5.74, 6) is 1.27. The molecule has 0 bridgehead atoms. The molecule has 2 rings (SSSR count). The van der Waals surface area contributed by atoms with Crippen LogP contribution in [0.4, 0.5) is 11.5 Å². The van der Waals surface area contributed by atoms with Crippen molar-refractivity contribution in [2.75, 3.05) is 5.32 Å². The van der Waals surface area contributed by atoms with Crippen molar-refractivity contribution >= 4 is 34.7 Å². The van der Waals surface area contributed by atoms with Crippen LogP contribution in [-0.2, 0) is 0 Å². The fourth-order valence-corrected chi connectivity index (χ4v) is 1.73. The topological polar surface area (TPSA) is 37.8 Å². The van der Waals surface area contributed by atoms with E-state index >= 15 is 0 Å². The molecule has 1 aromatic heterocycles. The average molecular weight is 254 g/mol. The van der Waals surface area contributed by atoms with E-state index in [0.717, 1.165) is 5.69 Å². The maximum Gasteiger partial charge on any atom is 0.135 e. The zero-order valence-corrected chi connectivity index (χ0v) is 10.0. The van der Waals surface area contributed by atoms with Crippen LogP contribution in [0.25, 0.3) is 0 Å². The van der Waals surface area contributed by atoms with Gasteiger partial charge in [0.15, 0.2) is 0 Å². The summed E-state index contributed by atoms with van der Waals surface area (Å²) in [6.07, 6.45) is 0. The largest absolute Gasteiger partial charge is 0.340 e. The van der Waals surface area contributed by atoms with Crippen LogP contribution in [0, 0.1) is 6.92 Å². The normalized spacial score (nSPS) is 10.2. The van der Waals surface area contributed by atoms with Crippen molar-refractivity contribution in [1.82, 2.24) is 9.97 Å². The molecule has 0 aliphatic carbocycles. The Balaban J connectivity index is 2.27. The van der Waals surface area contributed by atoms with E-state index in [1.165, 1.54) is 0 Å². The molecule has 0 atom stereocenters. The SMILES string of the molecule is Cc1nc(Cl)cc(Nc2cccc(Cl)c2)n1. The van der Waals surface area contributed by atoms with Gasteiger partial charge in [-0.25, -0.2) is 9.97 Å². The lowest BCUT2D eigenvalue weighted by atomic mass is 10.3. The number of rotatable bonds is 2. The Labute approximate surface area is 103 Å². The van der Waals surface area contributed by atoms with Crippen LogP contribution in [0.1, 0.15) is 5.82 Å². The highest BCUT2D eigenvalue weighted by Gasteiger charge is 2.00. The van der Waals surface area contributed by atoms with E-state index in [-0.39, 0.29) is 0 Å². The molecule has 0 unspecified atom stereocenters. The molecule has 1 N–H and O–H groups in total. The first-order chi connectivity index (χ1) is 7.63. The fourth-order valence-electron chi connectivity index (χ4n) is 1.31. The van der Waals surface area contributed by atoms with Gasteiger partial charge in [-0.1, -0.05) is 29.3 Å². The molecule has 82 valence electrons. The first-order valence-electron chi connectivity index (χ1n) is 4.67. The van der Waals surface area contributed by atoms with Gasteiger partial charge in [0.2, 0.25) is 0 Å². The molecule has 2 aromatic rings. The van der Waals surface area contributed by atoms with E-state index in [2.05, 4.69) is 15.3 Å². The predicted octanol–water partition coefficient (Wildman–Crippen LogP) is 3.84. The van der Waals surface area contributed by atoms with Gasteiger partial charge in [-0.3, -0.25) is 0 Å². The van der Waals surface area contributed by atoms with E-state index in [1.807, 2.05) is 24.3 Å². The molecule has 5 heteroatoms. The van der Waals surface area contributed by atoms with Gasteiger partial charge >= 0.3 is 0 Å². The maximum absolute atomic E-state index is 5.87. The molecule has 16 heavy (non-hydrogen) atoms. The number of nitrogens with zero attached hydrogens (tertiary/aromatic N) is 2. The Morgan fingerprint density at radius 3 is 2.62 bits per heavy atom. The summed E-state index contributed by atoms with van der Waals surface area (Å²) in [6, 6.07) is 9.05. The van der Waals surface area contributed by atoms with E-state index in [4.69, 9.17) is 23.2 Å². The van der Waals surface area contributed by atoms with Crippen LogP contribution in [0.2, 0.25) is 10.2 Å². The third-order valence-electron chi connectivity index (χ3n) is 1.90. The third-order valence-corrected chi connectivity index (χ3v) is 2.33. The second-order valence-corrected chi connectivity index (χ2v) is 4.08. The van der Waals surface area contributed by atoms with Crippen molar-refractivity contribution < 1.29 is 0 Å². The van der Waals surface area contributed by atoms with Gasteiger partial charge in [0.25, 0.3) is 0 Å². The van der Waals surface area contributed by atoms with Crippen molar-refractivity contribution in [3.05, 3.63) is 46.3 Å². The van der Waals surface area contributed by atoms with Gasteiger partial charge in [0, 0.05) is 16.8 Å². The smallest absolute Gasteiger partial charge is 0.135 e. The molecule has 1 aromatic carbocycles. The molecular weight excluding hydrogens is 245 g/mol. The van der Waals surface area contributed by atoms with E-state index in [1.54, 1.807) is 13.0 Å². The number of benzene rings is 1. The molecule has 0 saturated carbocycles. The van der Waals surface area contributed by atoms with E-state index in [9.17, 15) is 0 Å². The second-order valence-electron chi connectivity index (χ2n) is 3.26. The molecule has 1 heterocycles. The number of hydrogen-bond donors (Lipinski definition) is 1. The summed E-state index contributed by atoms with van der Waals surface area (Å²) in [5, 5.41) is 4.19. The Kier molecular flexibility index (Phi) is 3.27. The number of aryl methyl sites for hydroxylation is 1. The van der Waals surface area contributed by atoms with Crippen molar-refractivity contribution in [3.8, 4) is 0 Å². The number of halogens is 2. The first-order valence-corrected chi connectivity index (χ1v) is 5.43. The number of aromatic nitrogens is 2. The lowest BCUT2D eigenvalue weighted by Gasteiger charge is -2.06. The van der Waals surface area contributed by atoms with Crippen LogP contribution in [0.5, 0.6) is 0 Å². The van der Waals surface area contributed by atoms with E-state index < -0.39 is 0 Å². The van der Waals surface area contributed by atoms with Gasteiger partial charge in [0.1, 0.15) is 16.8 Å². The summed E-state index contributed by atoms with van der Waals surface area (Å²) >= 11 is 11.7. The highest BCUT2D eigenvalue weighted by Crippen LogP contribution is 2.20.